The average molecular weight is 503 g/mol. The second-order valence-electron chi connectivity index (χ2n) is 9.18. The molecule has 2 N–H and O–H groups in total. The van der Waals surface area contributed by atoms with E-state index in [9.17, 15) is 5.11 Å². The van der Waals surface area contributed by atoms with Gasteiger partial charge in [0.1, 0.15) is 18.5 Å². The number of ether oxygens (including phenoxy) is 4. The standard InChI is InChI=1S/C30H46O6/c1-3-4-5-6-7-8-9-10-11-12-19-36-29-18-15-26(22-30(29)33-2)25-13-16-28(17-14-25)35-21-20-34-24-27(32)23-31/h13-18,22,27,31-32H,3-12,19-21,23-24H2,1-2H3. The summed E-state index contributed by atoms with van der Waals surface area (Å²) in [4.78, 5) is 0. The second kappa shape index (κ2) is 18.9. The van der Waals surface area contributed by atoms with Gasteiger partial charge in [-0.2, -0.15) is 0 Å². The van der Waals surface area contributed by atoms with Gasteiger partial charge in [0, 0.05) is 0 Å². The Labute approximate surface area is 217 Å². The van der Waals surface area contributed by atoms with Crippen molar-refractivity contribution in [1.82, 2.24) is 0 Å². The van der Waals surface area contributed by atoms with E-state index in [-0.39, 0.29) is 13.2 Å². The summed E-state index contributed by atoms with van der Waals surface area (Å²) in [7, 11) is 1.67. The molecule has 0 fully saturated rings. The van der Waals surface area contributed by atoms with Gasteiger partial charge in [-0.3, -0.25) is 0 Å². The van der Waals surface area contributed by atoms with Crippen LogP contribution in [0.25, 0.3) is 11.1 Å². The van der Waals surface area contributed by atoms with Crippen LogP contribution in [0.3, 0.4) is 0 Å². The van der Waals surface area contributed by atoms with Gasteiger partial charge in [0.15, 0.2) is 11.5 Å². The van der Waals surface area contributed by atoms with Crippen molar-refractivity contribution in [1.29, 1.82) is 0 Å². The van der Waals surface area contributed by atoms with E-state index >= 15 is 0 Å². The van der Waals surface area contributed by atoms with Crippen LogP contribution >= 0.6 is 0 Å². The zero-order valence-electron chi connectivity index (χ0n) is 22.3. The van der Waals surface area contributed by atoms with Crippen molar-refractivity contribution in [2.75, 3.05) is 40.1 Å². The Bertz CT molecular complexity index is 808. The maximum absolute atomic E-state index is 9.25. The summed E-state index contributed by atoms with van der Waals surface area (Å²) < 4.78 is 22.5. The lowest BCUT2D eigenvalue weighted by Crippen LogP contribution is -2.21. The van der Waals surface area contributed by atoms with Gasteiger partial charge >= 0.3 is 0 Å². The highest BCUT2D eigenvalue weighted by molar-refractivity contribution is 5.67. The minimum atomic E-state index is -0.849. The summed E-state index contributed by atoms with van der Waals surface area (Å²) in [6.45, 7) is 3.48. The van der Waals surface area contributed by atoms with Crippen molar-refractivity contribution < 1.29 is 29.2 Å². The van der Waals surface area contributed by atoms with Crippen LogP contribution in [0, 0.1) is 0 Å². The van der Waals surface area contributed by atoms with Gasteiger partial charge in [0.05, 0.1) is 33.5 Å². The third-order valence-corrected chi connectivity index (χ3v) is 6.12. The van der Waals surface area contributed by atoms with Crippen molar-refractivity contribution in [3.63, 3.8) is 0 Å². The van der Waals surface area contributed by atoms with Crippen molar-refractivity contribution in [2.45, 2.75) is 77.2 Å². The molecule has 0 heterocycles. The molecule has 6 heteroatoms. The fraction of sp³-hybridized carbons (Fsp3) is 0.600. The number of aliphatic hydroxyl groups is 2. The zero-order valence-corrected chi connectivity index (χ0v) is 22.3. The number of methoxy groups -OCH3 is 1. The summed E-state index contributed by atoms with van der Waals surface area (Å²) in [5.41, 5.74) is 2.11. The molecule has 0 aliphatic carbocycles. The maximum atomic E-state index is 9.25. The Kier molecular flexibility index (Phi) is 15.7. The van der Waals surface area contributed by atoms with Crippen molar-refractivity contribution >= 4 is 0 Å². The number of hydrogen-bond donors (Lipinski definition) is 2. The lowest BCUT2D eigenvalue weighted by atomic mass is 10.0. The third-order valence-electron chi connectivity index (χ3n) is 6.12. The SMILES string of the molecule is CCCCCCCCCCCCOc1ccc(-c2ccc(OCCOCC(O)CO)cc2)cc1OC. The molecule has 6 nitrogen and oxygen atoms in total. The Morgan fingerprint density at radius 3 is 1.97 bits per heavy atom. The molecule has 0 aromatic heterocycles. The molecule has 36 heavy (non-hydrogen) atoms. The molecule has 0 aliphatic heterocycles. The molecule has 2 rings (SSSR count). The number of hydrogen-bond acceptors (Lipinski definition) is 6. The predicted molar refractivity (Wildman–Crippen MR) is 145 cm³/mol. The lowest BCUT2D eigenvalue weighted by Gasteiger charge is -2.13. The van der Waals surface area contributed by atoms with Gasteiger partial charge in [-0.25, -0.2) is 0 Å². The first-order chi connectivity index (χ1) is 17.7. The summed E-state index contributed by atoms with van der Waals surface area (Å²) in [6.07, 6.45) is 12.2. The predicted octanol–water partition coefficient (Wildman–Crippen LogP) is 6.41. The minimum Gasteiger partial charge on any atom is -0.493 e. The molecule has 0 saturated carbocycles. The Balaban J connectivity index is 1.69. The van der Waals surface area contributed by atoms with Gasteiger partial charge in [0.25, 0.3) is 0 Å². The summed E-state index contributed by atoms with van der Waals surface area (Å²) in [5.74, 6) is 2.26. The van der Waals surface area contributed by atoms with Gasteiger partial charge in [0.2, 0.25) is 0 Å². The number of aliphatic hydroxyl groups excluding tert-OH is 2. The van der Waals surface area contributed by atoms with Gasteiger partial charge < -0.3 is 29.2 Å². The van der Waals surface area contributed by atoms with Crippen molar-refractivity contribution in [2.24, 2.45) is 0 Å². The third kappa shape index (κ3) is 12.1. The van der Waals surface area contributed by atoms with E-state index in [0.29, 0.717) is 19.8 Å². The average Bonchev–Trinajstić information content (AvgIpc) is 2.91. The van der Waals surface area contributed by atoms with Crippen LogP contribution in [0.15, 0.2) is 42.5 Å². The van der Waals surface area contributed by atoms with Gasteiger partial charge in [-0.15, -0.1) is 0 Å². The molecule has 0 radical (unpaired) electrons. The lowest BCUT2D eigenvalue weighted by molar-refractivity contribution is -0.00138. The van der Waals surface area contributed by atoms with E-state index in [4.69, 9.17) is 24.1 Å². The minimum absolute atomic E-state index is 0.0968. The smallest absolute Gasteiger partial charge is 0.161 e. The first-order valence-electron chi connectivity index (χ1n) is 13.6. The fourth-order valence-corrected chi connectivity index (χ4v) is 3.97. The molecular weight excluding hydrogens is 456 g/mol. The van der Waals surface area contributed by atoms with Crippen LogP contribution in [0.1, 0.15) is 71.1 Å². The van der Waals surface area contributed by atoms with E-state index < -0.39 is 6.10 Å². The van der Waals surface area contributed by atoms with Crippen LogP contribution < -0.4 is 14.2 Å². The van der Waals surface area contributed by atoms with Gasteiger partial charge in [-0.05, 0) is 41.8 Å². The van der Waals surface area contributed by atoms with E-state index in [0.717, 1.165) is 34.8 Å². The number of unbranched alkanes of at least 4 members (excludes halogenated alkanes) is 9. The van der Waals surface area contributed by atoms with Crippen molar-refractivity contribution in [3.05, 3.63) is 42.5 Å². The van der Waals surface area contributed by atoms with Crippen LogP contribution in [0.2, 0.25) is 0 Å². The van der Waals surface area contributed by atoms with E-state index in [1.54, 1.807) is 7.11 Å². The molecular formula is C30H46O6. The van der Waals surface area contributed by atoms with Crippen LogP contribution in [-0.4, -0.2) is 56.5 Å². The van der Waals surface area contributed by atoms with Crippen molar-refractivity contribution in [3.8, 4) is 28.4 Å². The zero-order chi connectivity index (χ0) is 25.8. The van der Waals surface area contributed by atoms with Crippen LogP contribution in [-0.2, 0) is 4.74 Å². The maximum Gasteiger partial charge on any atom is 0.161 e. The summed E-state index contributed by atoms with van der Waals surface area (Å²) in [6, 6.07) is 13.9. The number of rotatable bonds is 21. The Morgan fingerprint density at radius 1 is 0.694 bits per heavy atom. The molecule has 0 spiro atoms. The molecule has 0 amide bonds. The highest BCUT2D eigenvalue weighted by Crippen LogP contribution is 2.33. The topological polar surface area (TPSA) is 77.4 Å². The Hall–Kier alpha value is -2.28. The molecule has 0 aliphatic rings. The fourth-order valence-electron chi connectivity index (χ4n) is 3.97. The highest BCUT2D eigenvalue weighted by atomic mass is 16.5. The highest BCUT2D eigenvalue weighted by Gasteiger charge is 2.08. The van der Waals surface area contributed by atoms with E-state index in [1.165, 1.54) is 57.8 Å². The molecule has 2 aromatic carbocycles. The normalized spacial score (nSPS) is 11.9. The quantitative estimate of drug-likeness (QED) is 0.192. The molecule has 1 atom stereocenters. The first-order valence-corrected chi connectivity index (χ1v) is 13.6. The number of benzene rings is 2. The largest absolute Gasteiger partial charge is 0.493 e. The molecule has 1 unspecified atom stereocenters. The first kappa shape index (κ1) is 29.9. The second-order valence-corrected chi connectivity index (χ2v) is 9.18. The van der Waals surface area contributed by atoms with Crippen LogP contribution in [0.4, 0.5) is 0 Å². The molecule has 0 bridgehead atoms. The van der Waals surface area contributed by atoms with E-state index in [2.05, 4.69) is 6.92 Å². The monoisotopic (exact) mass is 502 g/mol. The molecule has 202 valence electrons. The van der Waals surface area contributed by atoms with E-state index in [1.807, 2.05) is 42.5 Å². The summed E-state index contributed by atoms with van der Waals surface area (Å²) >= 11 is 0. The summed E-state index contributed by atoms with van der Waals surface area (Å²) in [5, 5.41) is 18.0. The van der Waals surface area contributed by atoms with Crippen LogP contribution in [0.5, 0.6) is 17.2 Å². The Morgan fingerprint density at radius 2 is 1.33 bits per heavy atom. The molecule has 0 saturated heterocycles. The van der Waals surface area contributed by atoms with Gasteiger partial charge in [-0.1, -0.05) is 82.9 Å². The molecule has 2 aromatic rings.